The second-order valence-electron chi connectivity index (χ2n) is 7.20. The fourth-order valence-corrected chi connectivity index (χ4v) is 2.81. The zero-order chi connectivity index (χ0) is 16.1. The first-order valence-electron chi connectivity index (χ1n) is 7.68. The highest BCUT2D eigenvalue weighted by Gasteiger charge is 2.54. The van der Waals surface area contributed by atoms with Crippen molar-refractivity contribution >= 4 is 7.12 Å². The highest BCUT2D eigenvalue weighted by molar-refractivity contribution is 6.53. The van der Waals surface area contributed by atoms with Gasteiger partial charge >= 0.3 is 7.12 Å². The highest BCUT2D eigenvalue weighted by atomic mass is 19.1. The summed E-state index contributed by atoms with van der Waals surface area (Å²) in [6.07, 6.45) is 1.28. The van der Waals surface area contributed by atoms with Crippen molar-refractivity contribution in [2.75, 3.05) is 0 Å². The Morgan fingerprint density at radius 3 is 2.05 bits per heavy atom. The minimum atomic E-state index is -0.908. The van der Waals surface area contributed by atoms with Crippen LogP contribution in [0.5, 0.6) is 0 Å². The van der Waals surface area contributed by atoms with Gasteiger partial charge in [-0.3, -0.25) is 0 Å². The van der Waals surface area contributed by atoms with Crippen molar-refractivity contribution in [1.29, 1.82) is 0 Å². The number of hydrogen-bond acceptors (Lipinski definition) is 2. The monoisotopic (exact) mass is 306 g/mol. The van der Waals surface area contributed by atoms with E-state index in [0.29, 0.717) is 12.8 Å². The zero-order valence-corrected chi connectivity index (χ0v) is 13.5. The van der Waals surface area contributed by atoms with Crippen molar-refractivity contribution in [3.05, 3.63) is 46.9 Å². The van der Waals surface area contributed by atoms with E-state index in [1.807, 2.05) is 27.7 Å². The van der Waals surface area contributed by atoms with E-state index in [2.05, 4.69) is 0 Å². The summed E-state index contributed by atoms with van der Waals surface area (Å²) in [4.78, 5) is 0. The molecule has 1 aromatic carbocycles. The third-order valence-electron chi connectivity index (χ3n) is 5.12. The number of benzene rings is 1. The molecule has 1 aliphatic carbocycles. The Bertz CT molecular complexity index is 584. The van der Waals surface area contributed by atoms with E-state index in [0.717, 1.165) is 11.1 Å². The van der Waals surface area contributed by atoms with E-state index in [-0.39, 0.29) is 17.5 Å². The topological polar surface area (TPSA) is 18.5 Å². The van der Waals surface area contributed by atoms with Crippen LogP contribution in [-0.4, -0.2) is 18.3 Å². The predicted molar refractivity (Wildman–Crippen MR) is 82.6 cm³/mol. The lowest BCUT2D eigenvalue weighted by molar-refractivity contribution is 0.00578. The van der Waals surface area contributed by atoms with Crippen LogP contribution in [0, 0.1) is 5.82 Å². The standard InChI is InChI=1S/C17H21BF2O2/c1-16(2)17(3,4)22-18(21-16)15(20)13-9-12(10-13)11-5-7-14(19)8-6-11/h5-8,12H,9-10H2,1-4H3. The molecule has 0 radical (unpaired) electrons. The lowest BCUT2D eigenvalue weighted by atomic mass is 9.70. The van der Waals surface area contributed by atoms with Gasteiger partial charge in [0.25, 0.3) is 0 Å². The summed E-state index contributed by atoms with van der Waals surface area (Å²) in [5.74, 6) is 0.00557. The third kappa shape index (κ3) is 2.61. The summed E-state index contributed by atoms with van der Waals surface area (Å²) < 4.78 is 39.0. The molecule has 0 amide bonds. The molecule has 1 saturated heterocycles. The minimum Gasteiger partial charge on any atom is -0.398 e. The van der Waals surface area contributed by atoms with Crippen LogP contribution in [0.25, 0.3) is 0 Å². The molecule has 1 saturated carbocycles. The van der Waals surface area contributed by atoms with E-state index < -0.39 is 18.3 Å². The molecule has 3 rings (SSSR count). The van der Waals surface area contributed by atoms with Crippen LogP contribution in [0.15, 0.2) is 35.6 Å². The first kappa shape index (κ1) is 15.7. The van der Waals surface area contributed by atoms with Gasteiger partial charge in [-0.2, -0.15) is 0 Å². The van der Waals surface area contributed by atoms with Crippen LogP contribution in [0.2, 0.25) is 0 Å². The van der Waals surface area contributed by atoms with Gasteiger partial charge in [0, 0.05) is 0 Å². The zero-order valence-electron chi connectivity index (χ0n) is 13.5. The maximum absolute atomic E-state index is 14.6. The van der Waals surface area contributed by atoms with Gasteiger partial charge in [-0.1, -0.05) is 12.1 Å². The highest BCUT2D eigenvalue weighted by Crippen LogP contribution is 2.46. The summed E-state index contributed by atoms with van der Waals surface area (Å²) >= 11 is 0. The summed E-state index contributed by atoms with van der Waals surface area (Å²) in [6, 6.07) is 6.43. The number of allylic oxidation sites excluding steroid dienone is 1. The van der Waals surface area contributed by atoms with E-state index in [1.165, 1.54) is 12.1 Å². The van der Waals surface area contributed by atoms with Crippen molar-refractivity contribution in [2.24, 2.45) is 0 Å². The summed E-state index contributed by atoms with van der Waals surface area (Å²) in [5.41, 5.74) is 0.433. The predicted octanol–water partition coefficient (Wildman–Crippen LogP) is 4.56. The third-order valence-corrected chi connectivity index (χ3v) is 5.12. The minimum absolute atomic E-state index is 0.248. The molecule has 118 valence electrons. The lowest BCUT2D eigenvalue weighted by Gasteiger charge is -2.32. The molecule has 0 bridgehead atoms. The quantitative estimate of drug-likeness (QED) is 0.746. The molecule has 1 aliphatic heterocycles. The first-order valence-corrected chi connectivity index (χ1v) is 7.68. The van der Waals surface area contributed by atoms with E-state index >= 15 is 0 Å². The number of rotatable bonds is 2. The Balaban J connectivity index is 1.68. The van der Waals surface area contributed by atoms with Gasteiger partial charge in [0.05, 0.1) is 11.2 Å². The second kappa shape index (κ2) is 5.17. The molecule has 0 spiro atoms. The summed E-state index contributed by atoms with van der Waals surface area (Å²) in [7, 11) is -0.908. The van der Waals surface area contributed by atoms with E-state index in [9.17, 15) is 8.78 Å². The van der Waals surface area contributed by atoms with Crippen LogP contribution >= 0.6 is 0 Å². The SMILES string of the molecule is CC1(C)OB(C(F)=C2CC(c3ccc(F)cc3)C2)OC1(C)C. The summed E-state index contributed by atoms with van der Waals surface area (Å²) in [6.45, 7) is 7.64. The largest absolute Gasteiger partial charge is 0.525 e. The molecule has 5 heteroatoms. The first-order chi connectivity index (χ1) is 10.2. The Labute approximate surface area is 130 Å². The van der Waals surface area contributed by atoms with Crippen molar-refractivity contribution in [3.8, 4) is 0 Å². The average Bonchev–Trinajstić information content (AvgIpc) is 2.59. The van der Waals surface area contributed by atoms with Crippen molar-refractivity contribution in [2.45, 2.75) is 57.7 Å². The van der Waals surface area contributed by atoms with Gasteiger partial charge in [0.2, 0.25) is 0 Å². The van der Waals surface area contributed by atoms with Gasteiger partial charge < -0.3 is 9.31 Å². The number of halogens is 2. The van der Waals surface area contributed by atoms with Gasteiger partial charge in [-0.25, -0.2) is 8.78 Å². The average molecular weight is 306 g/mol. The Hall–Kier alpha value is -1.20. The molecule has 1 aromatic rings. The molecule has 2 nitrogen and oxygen atoms in total. The van der Waals surface area contributed by atoms with Crippen molar-refractivity contribution in [1.82, 2.24) is 0 Å². The van der Waals surface area contributed by atoms with E-state index in [4.69, 9.17) is 9.31 Å². The molecular formula is C17H21BF2O2. The molecule has 2 fully saturated rings. The fraction of sp³-hybridized carbons (Fsp3) is 0.529. The van der Waals surface area contributed by atoms with Crippen LogP contribution in [-0.2, 0) is 9.31 Å². The molecule has 2 aliphatic rings. The fourth-order valence-electron chi connectivity index (χ4n) is 2.81. The van der Waals surface area contributed by atoms with Gasteiger partial charge in [0.15, 0.2) is 0 Å². The Morgan fingerprint density at radius 2 is 1.55 bits per heavy atom. The van der Waals surface area contributed by atoms with Gasteiger partial charge in [-0.05, 0) is 69.7 Å². The molecular weight excluding hydrogens is 285 g/mol. The van der Waals surface area contributed by atoms with Crippen LogP contribution in [0.4, 0.5) is 8.78 Å². The van der Waals surface area contributed by atoms with Crippen LogP contribution in [0.1, 0.15) is 52.0 Å². The lowest BCUT2D eigenvalue weighted by Crippen LogP contribution is -2.41. The Morgan fingerprint density at radius 1 is 1.05 bits per heavy atom. The molecule has 22 heavy (non-hydrogen) atoms. The van der Waals surface area contributed by atoms with Gasteiger partial charge in [-0.15, -0.1) is 0 Å². The normalized spacial score (nSPS) is 26.0. The smallest absolute Gasteiger partial charge is 0.398 e. The molecule has 1 heterocycles. The molecule has 0 N–H and O–H groups in total. The molecule has 0 unspecified atom stereocenters. The van der Waals surface area contributed by atoms with Crippen molar-refractivity contribution in [3.63, 3.8) is 0 Å². The molecule has 0 atom stereocenters. The maximum Gasteiger partial charge on any atom is 0.525 e. The van der Waals surface area contributed by atoms with E-state index in [1.54, 1.807) is 12.1 Å². The Kier molecular flexibility index (Phi) is 3.69. The number of hydrogen-bond donors (Lipinski definition) is 0. The van der Waals surface area contributed by atoms with Crippen LogP contribution < -0.4 is 0 Å². The maximum atomic E-state index is 14.6. The second-order valence-corrected chi connectivity index (χ2v) is 7.20. The van der Waals surface area contributed by atoms with Crippen LogP contribution in [0.3, 0.4) is 0 Å². The summed E-state index contributed by atoms with van der Waals surface area (Å²) in [5, 5.41) is 0. The van der Waals surface area contributed by atoms with Gasteiger partial charge in [0.1, 0.15) is 11.5 Å². The molecule has 0 aromatic heterocycles. The van der Waals surface area contributed by atoms with Crippen molar-refractivity contribution < 1.29 is 18.1 Å².